The Morgan fingerprint density at radius 3 is 2.65 bits per heavy atom. The molecule has 0 bridgehead atoms. The molecule has 2 aromatic rings. The van der Waals surface area contributed by atoms with Crippen LogP contribution in [0.5, 0.6) is 0 Å². The van der Waals surface area contributed by atoms with Crippen LogP contribution in [0.1, 0.15) is 15.9 Å². The average Bonchev–Trinajstić information content (AvgIpc) is 2.37. The standard InChI is InChI=1S/C14H14N2O/c1-16-9-5-8-13(11-16)14(17)15-10-12-6-3-2-4-7-12/h2-9,11H,10H2,1H3/p+1. The second kappa shape index (κ2) is 5.25. The van der Waals surface area contributed by atoms with Crippen LogP contribution < -0.4 is 9.88 Å². The first-order valence-electron chi connectivity index (χ1n) is 5.53. The smallest absolute Gasteiger partial charge is 0.257 e. The van der Waals surface area contributed by atoms with Crippen molar-refractivity contribution in [3.05, 3.63) is 66.0 Å². The second-order valence-electron chi connectivity index (χ2n) is 3.93. The van der Waals surface area contributed by atoms with Gasteiger partial charge in [-0.25, -0.2) is 4.57 Å². The molecule has 1 aromatic heterocycles. The first kappa shape index (κ1) is 11.3. The Morgan fingerprint density at radius 2 is 1.94 bits per heavy atom. The quantitative estimate of drug-likeness (QED) is 0.791. The molecule has 0 spiro atoms. The third-order valence-electron chi connectivity index (χ3n) is 2.50. The monoisotopic (exact) mass is 227 g/mol. The lowest BCUT2D eigenvalue weighted by atomic mass is 10.2. The van der Waals surface area contributed by atoms with Gasteiger partial charge < -0.3 is 5.32 Å². The molecule has 86 valence electrons. The van der Waals surface area contributed by atoms with Crippen molar-refractivity contribution in [2.24, 2.45) is 7.05 Å². The molecule has 0 atom stereocenters. The minimum Gasteiger partial charge on any atom is -0.348 e. The third kappa shape index (κ3) is 3.14. The summed E-state index contributed by atoms with van der Waals surface area (Å²) in [6.07, 6.45) is 3.70. The summed E-state index contributed by atoms with van der Waals surface area (Å²) >= 11 is 0. The molecule has 17 heavy (non-hydrogen) atoms. The topological polar surface area (TPSA) is 33.0 Å². The first-order valence-corrected chi connectivity index (χ1v) is 5.53. The number of hydrogen-bond acceptors (Lipinski definition) is 1. The van der Waals surface area contributed by atoms with E-state index in [-0.39, 0.29) is 5.91 Å². The van der Waals surface area contributed by atoms with Gasteiger partial charge in [0.15, 0.2) is 12.4 Å². The number of pyridine rings is 1. The number of carbonyl (C=O) groups excluding carboxylic acids is 1. The Balaban J connectivity index is 1.98. The van der Waals surface area contributed by atoms with Gasteiger partial charge in [-0.2, -0.15) is 0 Å². The number of nitrogens with zero attached hydrogens (tertiary/aromatic N) is 1. The van der Waals surface area contributed by atoms with E-state index in [4.69, 9.17) is 0 Å². The highest BCUT2D eigenvalue weighted by Crippen LogP contribution is 1.99. The maximum atomic E-state index is 11.8. The van der Waals surface area contributed by atoms with Crippen LogP contribution in [0.15, 0.2) is 54.9 Å². The number of aryl methyl sites for hydroxylation is 1. The van der Waals surface area contributed by atoms with Gasteiger partial charge in [0, 0.05) is 12.6 Å². The predicted octanol–water partition coefficient (Wildman–Crippen LogP) is 1.44. The fraction of sp³-hybridized carbons (Fsp3) is 0.143. The van der Waals surface area contributed by atoms with Crippen LogP contribution in [0.4, 0.5) is 0 Å². The summed E-state index contributed by atoms with van der Waals surface area (Å²) in [4.78, 5) is 11.8. The molecule has 0 unspecified atom stereocenters. The van der Waals surface area contributed by atoms with Crippen LogP contribution >= 0.6 is 0 Å². The molecule has 1 N–H and O–H groups in total. The number of amides is 1. The molecule has 0 radical (unpaired) electrons. The number of carbonyl (C=O) groups is 1. The summed E-state index contributed by atoms with van der Waals surface area (Å²) in [7, 11) is 1.90. The van der Waals surface area contributed by atoms with Crippen molar-refractivity contribution in [1.82, 2.24) is 5.32 Å². The Morgan fingerprint density at radius 1 is 1.18 bits per heavy atom. The largest absolute Gasteiger partial charge is 0.348 e. The minimum absolute atomic E-state index is 0.0509. The van der Waals surface area contributed by atoms with E-state index in [1.165, 1.54) is 0 Å². The highest BCUT2D eigenvalue weighted by Gasteiger charge is 2.07. The summed E-state index contributed by atoms with van der Waals surface area (Å²) in [5.41, 5.74) is 1.77. The Bertz CT molecular complexity index is 509. The number of nitrogens with one attached hydrogen (secondary N) is 1. The van der Waals surface area contributed by atoms with Gasteiger partial charge in [-0.05, 0) is 11.6 Å². The maximum Gasteiger partial charge on any atom is 0.257 e. The lowest BCUT2D eigenvalue weighted by Crippen LogP contribution is -2.30. The fourth-order valence-electron chi connectivity index (χ4n) is 1.60. The van der Waals surface area contributed by atoms with E-state index in [1.54, 1.807) is 12.3 Å². The molecule has 0 saturated heterocycles. The lowest BCUT2D eigenvalue weighted by Gasteiger charge is -2.04. The summed E-state index contributed by atoms with van der Waals surface area (Å²) < 4.78 is 1.86. The van der Waals surface area contributed by atoms with E-state index >= 15 is 0 Å². The van der Waals surface area contributed by atoms with Gasteiger partial charge >= 0.3 is 0 Å². The third-order valence-corrected chi connectivity index (χ3v) is 2.50. The molecule has 0 aliphatic carbocycles. The highest BCUT2D eigenvalue weighted by molar-refractivity contribution is 5.93. The molecule has 1 heterocycles. The predicted molar refractivity (Wildman–Crippen MR) is 65.2 cm³/mol. The summed E-state index contributed by atoms with van der Waals surface area (Å²) in [5, 5.41) is 2.89. The molecule has 0 fully saturated rings. The van der Waals surface area contributed by atoms with Crippen LogP contribution in [0.2, 0.25) is 0 Å². The van der Waals surface area contributed by atoms with Crippen LogP contribution in [-0.4, -0.2) is 5.91 Å². The molecule has 3 nitrogen and oxygen atoms in total. The molecular weight excluding hydrogens is 212 g/mol. The fourth-order valence-corrected chi connectivity index (χ4v) is 1.60. The average molecular weight is 227 g/mol. The van der Waals surface area contributed by atoms with Gasteiger partial charge in [0.1, 0.15) is 12.6 Å². The van der Waals surface area contributed by atoms with Crippen molar-refractivity contribution < 1.29 is 9.36 Å². The second-order valence-corrected chi connectivity index (χ2v) is 3.93. The van der Waals surface area contributed by atoms with Gasteiger partial charge in [-0.3, -0.25) is 4.79 Å². The van der Waals surface area contributed by atoms with Gasteiger partial charge in [-0.1, -0.05) is 30.3 Å². The van der Waals surface area contributed by atoms with Crippen molar-refractivity contribution in [2.45, 2.75) is 6.54 Å². The zero-order valence-corrected chi connectivity index (χ0v) is 9.76. The minimum atomic E-state index is -0.0509. The molecule has 3 heteroatoms. The lowest BCUT2D eigenvalue weighted by molar-refractivity contribution is -0.671. The van der Waals surface area contributed by atoms with Crippen LogP contribution in [0.3, 0.4) is 0 Å². The molecule has 0 aliphatic rings. The number of aromatic nitrogens is 1. The number of benzene rings is 1. The summed E-state index contributed by atoms with van der Waals surface area (Å²) in [5.74, 6) is -0.0509. The van der Waals surface area contributed by atoms with Gasteiger partial charge in [-0.15, -0.1) is 0 Å². The SMILES string of the molecule is C[n+]1cccc(C(=O)NCc2ccccc2)c1. The number of rotatable bonds is 3. The van der Waals surface area contributed by atoms with E-state index in [0.717, 1.165) is 5.56 Å². The van der Waals surface area contributed by atoms with Gasteiger partial charge in [0.05, 0.1) is 0 Å². The van der Waals surface area contributed by atoms with Crippen LogP contribution in [-0.2, 0) is 13.6 Å². The van der Waals surface area contributed by atoms with Crippen molar-refractivity contribution in [2.75, 3.05) is 0 Å². The van der Waals surface area contributed by atoms with E-state index in [1.807, 2.05) is 54.2 Å². The van der Waals surface area contributed by atoms with Crippen molar-refractivity contribution in [1.29, 1.82) is 0 Å². The van der Waals surface area contributed by atoms with Crippen molar-refractivity contribution in [3.63, 3.8) is 0 Å². The highest BCUT2D eigenvalue weighted by atomic mass is 16.1. The van der Waals surface area contributed by atoms with E-state index in [0.29, 0.717) is 12.1 Å². The maximum absolute atomic E-state index is 11.8. The van der Waals surface area contributed by atoms with Crippen LogP contribution in [0.25, 0.3) is 0 Å². The first-order chi connectivity index (χ1) is 8.25. The molecule has 1 aromatic carbocycles. The normalized spacial score (nSPS) is 9.94. The van der Waals surface area contributed by atoms with Crippen LogP contribution in [0, 0.1) is 0 Å². The zero-order valence-electron chi connectivity index (χ0n) is 9.76. The van der Waals surface area contributed by atoms with Crippen molar-refractivity contribution >= 4 is 5.91 Å². The molecular formula is C14H15N2O+. The summed E-state index contributed by atoms with van der Waals surface area (Å²) in [6.45, 7) is 0.554. The molecule has 0 saturated carbocycles. The Hall–Kier alpha value is -2.16. The molecule has 1 amide bonds. The summed E-state index contributed by atoms with van der Waals surface area (Å²) in [6, 6.07) is 13.5. The van der Waals surface area contributed by atoms with E-state index in [9.17, 15) is 4.79 Å². The van der Waals surface area contributed by atoms with Gasteiger partial charge in [0.25, 0.3) is 5.91 Å². The molecule has 0 aliphatic heterocycles. The van der Waals surface area contributed by atoms with E-state index in [2.05, 4.69) is 5.32 Å². The Kier molecular flexibility index (Phi) is 3.50. The molecule has 2 rings (SSSR count). The van der Waals surface area contributed by atoms with Gasteiger partial charge in [0.2, 0.25) is 0 Å². The zero-order chi connectivity index (χ0) is 12.1. The van der Waals surface area contributed by atoms with Crippen molar-refractivity contribution in [3.8, 4) is 0 Å². The Labute approximate surface area is 101 Å². The van der Waals surface area contributed by atoms with E-state index < -0.39 is 0 Å². The number of hydrogen-bond donors (Lipinski definition) is 1.